The van der Waals surface area contributed by atoms with E-state index in [2.05, 4.69) is 20.0 Å². The zero-order chi connectivity index (χ0) is 22.6. The number of hydrogen-bond acceptors (Lipinski definition) is 5. The van der Waals surface area contributed by atoms with Gasteiger partial charge < -0.3 is 20.2 Å². The number of nitrogens with zero attached hydrogens (tertiary/aromatic N) is 1. The lowest BCUT2D eigenvalue weighted by molar-refractivity contribution is -0.129. The molecule has 0 aliphatic carbocycles. The number of anilines is 1. The minimum atomic E-state index is -4.05. The van der Waals surface area contributed by atoms with Gasteiger partial charge in [-0.15, -0.1) is 0 Å². The number of aromatic nitrogens is 2. The Morgan fingerprint density at radius 2 is 1.68 bits per heavy atom. The first-order valence-electron chi connectivity index (χ1n) is 9.65. The highest BCUT2D eigenvalue weighted by Crippen LogP contribution is 2.22. The Kier molecular flexibility index (Phi) is 6.44. The van der Waals surface area contributed by atoms with Gasteiger partial charge in [0.05, 0.1) is 33.7 Å². The maximum Gasteiger partial charge on any atom is 0.323 e. The quantitative estimate of drug-likeness (QED) is 0.413. The molecular weight excluding hydrogens is 422 g/mol. The summed E-state index contributed by atoms with van der Waals surface area (Å²) >= 11 is 0. The van der Waals surface area contributed by atoms with Crippen LogP contribution in [0.1, 0.15) is 24.2 Å². The van der Waals surface area contributed by atoms with E-state index in [0.29, 0.717) is 24.1 Å². The highest BCUT2D eigenvalue weighted by molar-refractivity contribution is 7.92. The van der Waals surface area contributed by atoms with Gasteiger partial charge in [-0.2, -0.15) is 0 Å². The van der Waals surface area contributed by atoms with Crippen molar-refractivity contribution in [3.8, 4) is 0 Å². The van der Waals surface area contributed by atoms with E-state index in [9.17, 15) is 22.8 Å². The summed E-state index contributed by atoms with van der Waals surface area (Å²) in [6.45, 7) is 4.54. The second kappa shape index (κ2) is 9.04. The highest BCUT2D eigenvalue weighted by atomic mass is 32.2. The Balaban J connectivity index is 1.81. The van der Waals surface area contributed by atoms with Crippen LogP contribution in [0.3, 0.4) is 0 Å². The van der Waals surface area contributed by atoms with Crippen molar-refractivity contribution in [3.05, 3.63) is 58.5 Å². The molecule has 0 aliphatic heterocycles. The number of likely N-dealkylation sites (N-methyl/N-ethyl adjacent to an activating group) is 1. The Morgan fingerprint density at radius 1 is 1.00 bits per heavy atom. The van der Waals surface area contributed by atoms with Gasteiger partial charge in [0.25, 0.3) is 15.9 Å². The lowest BCUT2D eigenvalue weighted by Crippen LogP contribution is -2.40. The fraction of sp³-hybridized carbons (Fsp3) is 0.250. The van der Waals surface area contributed by atoms with Crippen molar-refractivity contribution in [2.75, 3.05) is 24.4 Å². The zero-order valence-electron chi connectivity index (χ0n) is 17.1. The number of H-pyrrole nitrogens is 2. The maximum atomic E-state index is 12.9. The first kappa shape index (κ1) is 22.1. The fourth-order valence-electron chi connectivity index (χ4n) is 3.09. The van der Waals surface area contributed by atoms with E-state index < -0.39 is 21.6 Å². The Morgan fingerprint density at radius 3 is 2.39 bits per heavy atom. The van der Waals surface area contributed by atoms with Crippen LogP contribution in [0.5, 0.6) is 0 Å². The Bertz CT molecular complexity index is 1270. The van der Waals surface area contributed by atoms with Gasteiger partial charge >= 0.3 is 5.69 Å². The van der Waals surface area contributed by atoms with Gasteiger partial charge in [0, 0.05) is 13.1 Å². The van der Waals surface area contributed by atoms with Crippen LogP contribution in [0.25, 0.3) is 11.0 Å². The predicted octanol–water partition coefficient (Wildman–Crippen LogP) is 1.26. The standard InChI is InChI=1S/C20H23N5O5S/c1-3-25(4-2)18(26)12-21-19(27)14-7-5-6-8-15(14)24-31(29,30)13-9-10-16-17(11-13)23-20(28)22-16/h5-11,24H,3-4,12H2,1-2H3,(H,21,27)(H2,22,23,28). The van der Waals surface area contributed by atoms with Gasteiger partial charge in [0.1, 0.15) is 0 Å². The van der Waals surface area contributed by atoms with E-state index in [-0.39, 0.29) is 28.6 Å². The summed E-state index contributed by atoms with van der Waals surface area (Å²) in [5.74, 6) is -0.811. The van der Waals surface area contributed by atoms with E-state index in [1.54, 1.807) is 17.0 Å². The summed E-state index contributed by atoms with van der Waals surface area (Å²) in [5, 5.41) is 2.53. The second-order valence-corrected chi connectivity index (χ2v) is 8.37. The van der Waals surface area contributed by atoms with Gasteiger partial charge in [-0.1, -0.05) is 12.1 Å². The fourth-order valence-corrected chi connectivity index (χ4v) is 4.20. The minimum absolute atomic E-state index is 0.0675. The zero-order valence-corrected chi connectivity index (χ0v) is 17.9. The number of rotatable bonds is 8. The Hall–Kier alpha value is -3.60. The number of aromatic amines is 2. The first-order chi connectivity index (χ1) is 14.7. The molecule has 0 radical (unpaired) electrons. The number of sulfonamides is 1. The number of carbonyl (C=O) groups is 2. The van der Waals surface area contributed by atoms with Crippen LogP contribution in [0.2, 0.25) is 0 Å². The number of amides is 2. The first-order valence-corrected chi connectivity index (χ1v) is 11.1. The summed E-state index contributed by atoms with van der Waals surface area (Å²) in [7, 11) is -4.05. The number of imidazole rings is 1. The van der Waals surface area contributed by atoms with Crippen LogP contribution >= 0.6 is 0 Å². The van der Waals surface area contributed by atoms with Gasteiger partial charge in [-0.25, -0.2) is 13.2 Å². The van der Waals surface area contributed by atoms with E-state index in [0.717, 1.165) is 0 Å². The molecule has 0 aliphatic rings. The molecule has 3 aromatic rings. The van der Waals surface area contributed by atoms with E-state index in [4.69, 9.17) is 0 Å². The molecule has 0 saturated heterocycles. The summed E-state index contributed by atoms with van der Waals surface area (Å²) in [6.07, 6.45) is 0. The molecule has 0 unspecified atom stereocenters. The molecule has 1 heterocycles. The number of benzene rings is 2. The van der Waals surface area contributed by atoms with Crippen LogP contribution in [0.4, 0.5) is 5.69 Å². The van der Waals surface area contributed by atoms with Gasteiger partial charge in [-0.05, 0) is 44.2 Å². The lowest BCUT2D eigenvalue weighted by atomic mass is 10.1. The molecule has 2 aromatic carbocycles. The molecule has 1 aromatic heterocycles. The van der Waals surface area contributed by atoms with Gasteiger partial charge in [0.15, 0.2) is 0 Å². The minimum Gasteiger partial charge on any atom is -0.343 e. The third-order valence-corrected chi connectivity index (χ3v) is 6.09. The summed E-state index contributed by atoms with van der Waals surface area (Å²) < 4.78 is 28.1. The molecule has 0 fully saturated rings. The molecule has 31 heavy (non-hydrogen) atoms. The molecule has 10 nitrogen and oxygen atoms in total. The molecule has 0 saturated carbocycles. The molecule has 2 amide bonds. The molecule has 3 rings (SSSR count). The highest BCUT2D eigenvalue weighted by Gasteiger charge is 2.20. The normalized spacial score (nSPS) is 11.3. The van der Waals surface area contributed by atoms with Gasteiger partial charge in [-0.3, -0.25) is 14.3 Å². The van der Waals surface area contributed by atoms with Crippen LogP contribution in [0.15, 0.2) is 52.2 Å². The van der Waals surface area contributed by atoms with Crippen molar-refractivity contribution in [2.24, 2.45) is 0 Å². The monoisotopic (exact) mass is 445 g/mol. The van der Waals surface area contributed by atoms with E-state index in [1.807, 2.05) is 13.8 Å². The summed E-state index contributed by atoms with van der Waals surface area (Å²) in [5.41, 5.74) is 0.515. The molecule has 164 valence electrons. The molecule has 0 spiro atoms. The smallest absolute Gasteiger partial charge is 0.323 e. The van der Waals surface area contributed by atoms with E-state index in [1.165, 1.54) is 30.3 Å². The number of hydrogen-bond donors (Lipinski definition) is 4. The number of para-hydroxylation sites is 1. The number of nitrogens with one attached hydrogen (secondary N) is 4. The molecule has 0 bridgehead atoms. The van der Waals surface area contributed by atoms with Crippen molar-refractivity contribution >= 4 is 38.6 Å². The van der Waals surface area contributed by atoms with Crippen molar-refractivity contribution in [1.29, 1.82) is 0 Å². The van der Waals surface area contributed by atoms with Crippen molar-refractivity contribution in [2.45, 2.75) is 18.7 Å². The Labute approximate surface area is 178 Å². The lowest BCUT2D eigenvalue weighted by Gasteiger charge is -2.19. The maximum absolute atomic E-state index is 12.9. The third kappa shape index (κ3) is 4.94. The van der Waals surface area contributed by atoms with Crippen LogP contribution < -0.4 is 15.7 Å². The average molecular weight is 446 g/mol. The van der Waals surface area contributed by atoms with Crippen LogP contribution in [-0.4, -0.2) is 54.7 Å². The number of fused-ring (bicyclic) bond motifs is 1. The molecular formula is C20H23N5O5S. The van der Waals surface area contributed by atoms with Crippen LogP contribution in [0, 0.1) is 0 Å². The predicted molar refractivity (Wildman–Crippen MR) is 116 cm³/mol. The van der Waals surface area contributed by atoms with Gasteiger partial charge in [0.2, 0.25) is 5.91 Å². The second-order valence-electron chi connectivity index (χ2n) is 6.69. The van der Waals surface area contributed by atoms with Crippen molar-refractivity contribution in [3.63, 3.8) is 0 Å². The van der Waals surface area contributed by atoms with E-state index >= 15 is 0 Å². The molecule has 0 atom stereocenters. The molecule has 4 N–H and O–H groups in total. The SMILES string of the molecule is CCN(CC)C(=O)CNC(=O)c1ccccc1NS(=O)(=O)c1ccc2[nH]c(=O)[nH]c2c1. The third-order valence-electron chi connectivity index (χ3n) is 4.73. The topological polar surface area (TPSA) is 144 Å². The number of carbonyl (C=O) groups excluding carboxylic acids is 2. The average Bonchev–Trinajstić information content (AvgIpc) is 3.12. The van der Waals surface area contributed by atoms with Crippen molar-refractivity contribution < 1.29 is 18.0 Å². The molecule has 11 heteroatoms. The summed E-state index contributed by atoms with van der Waals surface area (Å²) in [4.78, 5) is 42.7. The van der Waals surface area contributed by atoms with Crippen molar-refractivity contribution in [1.82, 2.24) is 20.2 Å². The van der Waals surface area contributed by atoms with Crippen LogP contribution in [-0.2, 0) is 14.8 Å². The largest absolute Gasteiger partial charge is 0.343 e. The summed E-state index contributed by atoms with van der Waals surface area (Å²) in [6, 6.07) is 10.2.